The summed E-state index contributed by atoms with van der Waals surface area (Å²) in [6.07, 6.45) is 8.85. The first kappa shape index (κ1) is 14.0. The number of hydrogen-bond acceptors (Lipinski definition) is 1. The highest BCUT2D eigenvalue weighted by molar-refractivity contribution is 5.25. The number of hydrogen-bond donors (Lipinski definition) is 0. The molecule has 0 bridgehead atoms. The second-order valence-electron chi connectivity index (χ2n) is 5.17. The Hall–Kier alpha value is -1.38. The van der Waals surface area contributed by atoms with Crippen molar-refractivity contribution in [3.05, 3.63) is 42.0 Å². The summed E-state index contributed by atoms with van der Waals surface area (Å²) in [5, 5.41) is 0. The van der Waals surface area contributed by atoms with Crippen LogP contribution in [0.4, 0.5) is 8.78 Å². The van der Waals surface area contributed by atoms with Gasteiger partial charge in [-0.1, -0.05) is 18.2 Å². The van der Waals surface area contributed by atoms with Crippen molar-refractivity contribution >= 4 is 0 Å². The monoisotopic (exact) mass is 266 g/mol. The van der Waals surface area contributed by atoms with E-state index in [1.54, 1.807) is 0 Å². The molecule has 1 aromatic rings. The molecule has 2 rings (SSSR count). The fourth-order valence-electron chi connectivity index (χ4n) is 2.62. The summed E-state index contributed by atoms with van der Waals surface area (Å²) in [4.78, 5) is 0. The van der Waals surface area contributed by atoms with Crippen LogP contribution < -0.4 is 4.74 Å². The highest BCUT2D eigenvalue weighted by Crippen LogP contribution is 2.30. The molecule has 0 N–H and O–H groups in total. The van der Waals surface area contributed by atoms with Crippen LogP contribution in [-0.2, 0) is 0 Å². The molecule has 0 saturated heterocycles. The lowest BCUT2D eigenvalue weighted by Crippen LogP contribution is -2.19. The molecule has 0 aliphatic heterocycles. The molecule has 1 aliphatic carbocycles. The van der Waals surface area contributed by atoms with Crippen LogP contribution in [0.3, 0.4) is 0 Å². The fraction of sp³-hybridized carbons (Fsp3) is 0.500. The van der Waals surface area contributed by atoms with Gasteiger partial charge in [0.25, 0.3) is 0 Å². The van der Waals surface area contributed by atoms with Gasteiger partial charge in [0.1, 0.15) is 0 Å². The van der Waals surface area contributed by atoms with Gasteiger partial charge in [0.05, 0.1) is 6.61 Å². The van der Waals surface area contributed by atoms with Gasteiger partial charge < -0.3 is 4.74 Å². The summed E-state index contributed by atoms with van der Waals surface area (Å²) >= 11 is 0. The summed E-state index contributed by atoms with van der Waals surface area (Å²) in [6.45, 7) is 2.52. The van der Waals surface area contributed by atoms with E-state index in [2.05, 4.69) is 12.2 Å². The van der Waals surface area contributed by atoms with Crippen LogP contribution in [0.15, 0.2) is 30.4 Å². The Bertz CT molecular complexity index is 434. The Labute approximate surface area is 113 Å². The van der Waals surface area contributed by atoms with Gasteiger partial charge in [0, 0.05) is 0 Å². The zero-order valence-corrected chi connectivity index (χ0v) is 11.2. The predicted octanol–water partition coefficient (Wildman–Crippen LogP) is 4.73. The maximum Gasteiger partial charge on any atom is 0.200 e. The molecule has 104 valence electrons. The van der Waals surface area contributed by atoms with Crippen LogP contribution in [0.1, 0.15) is 32.6 Å². The topological polar surface area (TPSA) is 9.23 Å². The molecular weight excluding hydrogens is 246 g/mol. The zero-order chi connectivity index (χ0) is 13.7. The van der Waals surface area contributed by atoms with E-state index in [1.807, 2.05) is 6.92 Å². The third kappa shape index (κ3) is 3.79. The molecule has 1 aromatic carbocycles. The van der Waals surface area contributed by atoms with Gasteiger partial charge >= 0.3 is 0 Å². The number of rotatable bonds is 4. The molecule has 0 aromatic heterocycles. The van der Waals surface area contributed by atoms with Crippen molar-refractivity contribution in [1.82, 2.24) is 0 Å². The molecule has 3 heteroatoms. The van der Waals surface area contributed by atoms with Gasteiger partial charge in [-0.15, -0.1) is 0 Å². The van der Waals surface area contributed by atoms with Gasteiger partial charge in [0.15, 0.2) is 11.6 Å². The summed E-state index contributed by atoms with van der Waals surface area (Å²) in [6, 6.07) is 4.05. The number of ether oxygens (including phenoxy) is 1. The first-order chi connectivity index (χ1) is 9.20. The minimum Gasteiger partial charge on any atom is -0.490 e. The first-order valence-electron chi connectivity index (χ1n) is 6.90. The quantitative estimate of drug-likeness (QED) is 0.716. The minimum atomic E-state index is -0.884. The molecule has 0 spiro atoms. The average Bonchev–Trinajstić information content (AvgIpc) is 2.42. The van der Waals surface area contributed by atoms with Gasteiger partial charge in [-0.25, -0.2) is 4.39 Å². The number of allylic oxidation sites excluding steroid dienone is 2. The highest BCUT2D eigenvalue weighted by atomic mass is 19.2. The molecular formula is C16H20F2O. The van der Waals surface area contributed by atoms with E-state index in [4.69, 9.17) is 4.74 Å². The summed E-state index contributed by atoms with van der Waals surface area (Å²) in [5.74, 6) is -0.591. The minimum absolute atomic E-state index is 0.0237. The Balaban J connectivity index is 1.82. The maximum atomic E-state index is 13.4. The van der Waals surface area contributed by atoms with Crippen molar-refractivity contribution in [3.63, 3.8) is 0 Å². The van der Waals surface area contributed by atoms with Crippen molar-refractivity contribution in [1.29, 1.82) is 0 Å². The standard InChI is InChI=1S/C16H20F2O/c1-2-4-12-7-9-13(10-8-12)11-19-15-6-3-5-14(17)16(15)18/h2-6,12-13H,7-11H2,1H3/b4-2+. The lowest BCUT2D eigenvalue weighted by molar-refractivity contribution is 0.188. The number of benzene rings is 1. The van der Waals surface area contributed by atoms with Crippen molar-refractivity contribution in [2.75, 3.05) is 6.61 Å². The molecule has 19 heavy (non-hydrogen) atoms. The van der Waals surface area contributed by atoms with Gasteiger partial charge in [0.2, 0.25) is 5.82 Å². The van der Waals surface area contributed by atoms with E-state index < -0.39 is 11.6 Å². The lowest BCUT2D eigenvalue weighted by atomic mass is 9.82. The van der Waals surface area contributed by atoms with E-state index in [0.717, 1.165) is 31.7 Å². The summed E-state index contributed by atoms with van der Waals surface area (Å²) < 4.78 is 31.8. The Morgan fingerprint density at radius 2 is 1.95 bits per heavy atom. The highest BCUT2D eigenvalue weighted by Gasteiger charge is 2.20. The van der Waals surface area contributed by atoms with E-state index in [-0.39, 0.29) is 5.75 Å². The predicted molar refractivity (Wildman–Crippen MR) is 72.1 cm³/mol. The van der Waals surface area contributed by atoms with Gasteiger partial charge in [-0.2, -0.15) is 4.39 Å². The van der Waals surface area contributed by atoms with Crippen LogP contribution >= 0.6 is 0 Å². The molecule has 0 atom stereocenters. The maximum absolute atomic E-state index is 13.4. The van der Waals surface area contributed by atoms with E-state index in [9.17, 15) is 8.78 Å². The summed E-state index contributed by atoms with van der Waals surface area (Å²) in [7, 11) is 0. The molecule has 0 heterocycles. The Morgan fingerprint density at radius 3 is 2.63 bits per heavy atom. The second kappa shape index (κ2) is 6.69. The van der Waals surface area contributed by atoms with Crippen LogP contribution in [0.25, 0.3) is 0 Å². The van der Waals surface area contributed by atoms with Crippen molar-refractivity contribution in [2.24, 2.45) is 11.8 Å². The zero-order valence-electron chi connectivity index (χ0n) is 11.2. The van der Waals surface area contributed by atoms with Crippen LogP contribution in [0, 0.1) is 23.5 Å². The first-order valence-corrected chi connectivity index (χ1v) is 6.90. The van der Waals surface area contributed by atoms with E-state index >= 15 is 0 Å². The molecule has 0 unspecified atom stereocenters. The van der Waals surface area contributed by atoms with Crippen molar-refractivity contribution in [3.8, 4) is 5.75 Å². The molecule has 1 fully saturated rings. The smallest absolute Gasteiger partial charge is 0.200 e. The third-order valence-electron chi connectivity index (χ3n) is 3.75. The van der Waals surface area contributed by atoms with Gasteiger partial charge in [-0.05, 0) is 56.6 Å². The van der Waals surface area contributed by atoms with E-state index in [1.165, 1.54) is 12.1 Å². The SMILES string of the molecule is C/C=C/C1CCC(COc2cccc(F)c2F)CC1. The molecule has 1 nitrogen and oxygen atoms in total. The van der Waals surface area contributed by atoms with E-state index in [0.29, 0.717) is 18.4 Å². The van der Waals surface area contributed by atoms with Crippen LogP contribution in [0.2, 0.25) is 0 Å². The Morgan fingerprint density at radius 1 is 1.21 bits per heavy atom. The van der Waals surface area contributed by atoms with Crippen LogP contribution in [-0.4, -0.2) is 6.61 Å². The van der Waals surface area contributed by atoms with Crippen molar-refractivity contribution in [2.45, 2.75) is 32.6 Å². The lowest BCUT2D eigenvalue weighted by Gasteiger charge is -2.26. The largest absolute Gasteiger partial charge is 0.490 e. The third-order valence-corrected chi connectivity index (χ3v) is 3.75. The normalized spacial score (nSPS) is 23.7. The average molecular weight is 266 g/mol. The second-order valence-corrected chi connectivity index (χ2v) is 5.17. The molecule has 0 amide bonds. The fourth-order valence-corrected chi connectivity index (χ4v) is 2.62. The van der Waals surface area contributed by atoms with Crippen molar-refractivity contribution < 1.29 is 13.5 Å². The summed E-state index contributed by atoms with van der Waals surface area (Å²) in [5.41, 5.74) is 0. The molecule has 1 saturated carbocycles. The van der Waals surface area contributed by atoms with Crippen LogP contribution in [0.5, 0.6) is 5.75 Å². The molecule has 1 aliphatic rings. The van der Waals surface area contributed by atoms with Gasteiger partial charge in [-0.3, -0.25) is 0 Å². The number of halogens is 2. The Kier molecular flexibility index (Phi) is 4.94. The molecule has 0 radical (unpaired) electrons.